The molecule has 0 aromatic heterocycles. The molecule has 0 amide bonds. The first kappa shape index (κ1) is 8.84. The Balaban J connectivity index is 2.16. The minimum absolute atomic E-state index is 0.0105. The van der Waals surface area contributed by atoms with Gasteiger partial charge < -0.3 is 0 Å². The monoisotopic (exact) mass is 199 g/mol. The lowest BCUT2D eigenvalue weighted by atomic mass is 9.91. The van der Waals surface area contributed by atoms with Crippen LogP contribution in [-0.4, -0.2) is 18.0 Å². The fraction of sp³-hybridized carbons (Fsp3) is 0.385. The minimum Gasteiger partial charge on any atom is -0.299 e. The molecule has 76 valence electrons. The number of nitrogens with zero attached hydrogens (tertiary/aromatic N) is 1. The average molecular weight is 199 g/mol. The predicted molar refractivity (Wildman–Crippen MR) is 59.4 cm³/mol. The topological polar surface area (TPSA) is 29.4 Å². The number of carbonyl (C=O) groups is 1. The Morgan fingerprint density at radius 1 is 1.13 bits per heavy atom. The van der Waals surface area contributed by atoms with Gasteiger partial charge in [0.1, 0.15) is 5.78 Å². The van der Waals surface area contributed by atoms with Crippen LogP contribution in [0.4, 0.5) is 0 Å². The van der Waals surface area contributed by atoms with Crippen LogP contribution in [0.15, 0.2) is 29.3 Å². The zero-order chi connectivity index (χ0) is 10.3. The lowest BCUT2D eigenvalue weighted by molar-refractivity contribution is -0.118. The standard InChI is InChI=1S/C13H13NO/c15-12-6-5-11-13(12)10-4-2-1-3-9(10)7-8-14-11/h1-4,13H,5-8H2. The first-order valence-electron chi connectivity index (χ1n) is 5.50. The molecule has 1 aliphatic heterocycles. The summed E-state index contributed by atoms with van der Waals surface area (Å²) < 4.78 is 0. The van der Waals surface area contributed by atoms with Crippen LogP contribution in [-0.2, 0) is 11.2 Å². The highest BCUT2D eigenvalue weighted by atomic mass is 16.1. The second kappa shape index (κ2) is 3.30. The number of aliphatic imine (C=N–C) groups is 1. The molecular weight excluding hydrogens is 186 g/mol. The molecule has 1 aliphatic carbocycles. The fourth-order valence-corrected chi connectivity index (χ4v) is 2.61. The summed E-state index contributed by atoms with van der Waals surface area (Å²) in [5, 5.41) is 0. The Morgan fingerprint density at radius 3 is 2.93 bits per heavy atom. The summed E-state index contributed by atoms with van der Waals surface area (Å²) in [6.45, 7) is 0.843. The molecule has 0 spiro atoms. The minimum atomic E-state index is -0.0105. The Hall–Kier alpha value is -1.44. The highest BCUT2D eigenvalue weighted by molar-refractivity contribution is 6.16. The summed E-state index contributed by atoms with van der Waals surface area (Å²) in [5.74, 6) is 0.340. The third-order valence-corrected chi connectivity index (χ3v) is 3.34. The van der Waals surface area contributed by atoms with Gasteiger partial charge in [-0.05, 0) is 24.0 Å². The van der Waals surface area contributed by atoms with Gasteiger partial charge in [0.25, 0.3) is 0 Å². The third-order valence-electron chi connectivity index (χ3n) is 3.34. The van der Waals surface area contributed by atoms with E-state index in [0.717, 1.165) is 25.1 Å². The molecule has 1 unspecified atom stereocenters. The van der Waals surface area contributed by atoms with Crippen molar-refractivity contribution < 1.29 is 4.79 Å². The van der Waals surface area contributed by atoms with Crippen molar-refractivity contribution in [2.75, 3.05) is 6.54 Å². The van der Waals surface area contributed by atoms with E-state index >= 15 is 0 Å². The number of fused-ring (bicyclic) bond motifs is 3. The molecule has 2 heteroatoms. The first-order valence-corrected chi connectivity index (χ1v) is 5.50. The van der Waals surface area contributed by atoms with Gasteiger partial charge in [0.05, 0.1) is 5.92 Å². The normalized spacial score (nSPS) is 24.1. The van der Waals surface area contributed by atoms with E-state index in [0.29, 0.717) is 12.2 Å². The highest BCUT2D eigenvalue weighted by Crippen LogP contribution is 2.33. The van der Waals surface area contributed by atoms with E-state index < -0.39 is 0 Å². The van der Waals surface area contributed by atoms with E-state index in [1.807, 2.05) is 12.1 Å². The van der Waals surface area contributed by atoms with Crippen LogP contribution in [0.25, 0.3) is 0 Å². The molecule has 1 atom stereocenters. The van der Waals surface area contributed by atoms with Crippen molar-refractivity contribution in [1.29, 1.82) is 0 Å². The number of Topliss-reactive ketones (excluding diaryl/α,β-unsaturated/α-hetero) is 1. The van der Waals surface area contributed by atoms with Gasteiger partial charge >= 0.3 is 0 Å². The number of hydrogen-bond acceptors (Lipinski definition) is 2. The summed E-state index contributed by atoms with van der Waals surface area (Å²) in [6, 6.07) is 8.28. The van der Waals surface area contributed by atoms with Crippen molar-refractivity contribution in [3.05, 3.63) is 35.4 Å². The van der Waals surface area contributed by atoms with Crippen LogP contribution in [0, 0.1) is 0 Å². The molecule has 1 aromatic rings. The maximum atomic E-state index is 11.8. The summed E-state index contributed by atoms with van der Waals surface area (Å²) in [7, 11) is 0. The highest BCUT2D eigenvalue weighted by Gasteiger charge is 2.34. The van der Waals surface area contributed by atoms with Gasteiger partial charge in [0.2, 0.25) is 0 Å². The molecule has 1 heterocycles. The van der Waals surface area contributed by atoms with E-state index in [2.05, 4.69) is 17.1 Å². The van der Waals surface area contributed by atoms with Crippen LogP contribution in [0.2, 0.25) is 0 Å². The zero-order valence-electron chi connectivity index (χ0n) is 8.57. The van der Waals surface area contributed by atoms with Gasteiger partial charge in [0, 0.05) is 18.7 Å². The molecule has 0 radical (unpaired) electrons. The molecule has 1 aromatic carbocycles. The number of benzene rings is 1. The van der Waals surface area contributed by atoms with Gasteiger partial charge in [-0.25, -0.2) is 0 Å². The number of hydrogen-bond donors (Lipinski definition) is 0. The maximum Gasteiger partial charge on any atom is 0.146 e. The van der Waals surface area contributed by atoms with E-state index in [1.165, 1.54) is 11.1 Å². The molecule has 15 heavy (non-hydrogen) atoms. The molecule has 0 N–H and O–H groups in total. The summed E-state index contributed by atoms with van der Waals surface area (Å²) in [4.78, 5) is 16.4. The summed E-state index contributed by atoms with van der Waals surface area (Å²) in [6.07, 6.45) is 2.53. The van der Waals surface area contributed by atoms with Crippen molar-refractivity contribution in [3.63, 3.8) is 0 Å². The van der Waals surface area contributed by atoms with Crippen molar-refractivity contribution >= 4 is 11.5 Å². The molecule has 3 rings (SSSR count). The Bertz CT molecular complexity index is 448. The van der Waals surface area contributed by atoms with Crippen molar-refractivity contribution in [2.45, 2.75) is 25.2 Å². The van der Waals surface area contributed by atoms with Crippen molar-refractivity contribution in [1.82, 2.24) is 0 Å². The van der Waals surface area contributed by atoms with Crippen molar-refractivity contribution in [3.8, 4) is 0 Å². The number of ketones is 1. The van der Waals surface area contributed by atoms with Gasteiger partial charge in [-0.2, -0.15) is 0 Å². The lowest BCUT2D eigenvalue weighted by Crippen LogP contribution is -2.12. The Morgan fingerprint density at radius 2 is 2.00 bits per heavy atom. The van der Waals surface area contributed by atoms with E-state index in [1.54, 1.807) is 0 Å². The zero-order valence-corrected chi connectivity index (χ0v) is 8.57. The average Bonchev–Trinajstić information content (AvgIpc) is 2.52. The Labute approximate surface area is 89.0 Å². The second-order valence-electron chi connectivity index (χ2n) is 4.22. The summed E-state index contributed by atoms with van der Waals surface area (Å²) >= 11 is 0. The van der Waals surface area contributed by atoms with Crippen LogP contribution in [0.1, 0.15) is 29.9 Å². The summed E-state index contributed by atoms with van der Waals surface area (Å²) in [5.41, 5.74) is 3.62. The van der Waals surface area contributed by atoms with E-state index in [9.17, 15) is 4.79 Å². The smallest absolute Gasteiger partial charge is 0.146 e. The van der Waals surface area contributed by atoms with Gasteiger partial charge in [-0.3, -0.25) is 9.79 Å². The van der Waals surface area contributed by atoms with E-state index in [4.69, 9.17) is 0 Å². The van der Waals surface area contributed by atoms with Gasteiger partial charge in [-0.1, -0.05) is 24.3 Å². The molecule has 0 bridgehead atoms. The quantitative estimate of drug-likeness (QED) is 0.629. The molecule has 1 saturated carbocycles. The largest absolute Gasteiger partial charge is 0.299 e. The first-order chi connectivity index (χ1) is 7.36. The number of rotatable bonds is 0. The van der Waals surface area contributed by atoms with Crippen molar-refractivity contribution in [2.24, 2.45) is 4.99 Å². The molecule has 2 aliphatic rings. The number of carbonyl (C=O) groups excluding carboxylic acids is 1. The van der Waals surface area contributed by atoms with Crippen LogP contribution >= 0.6 is 0 Å². The Kier molecular flexibility index (Phi) is 1.94. The SMILES string of the molecule is O=C1CCC2=NCCc3ccccc3C12. The van der Waals surface area contributed by atoms with Crippen LogP contribution in [0.3, 0.4) is 0 Å². The predicted octanol–water partition coefficient (Wildman–Crippen LogP) is 2.13. The lowest BCUT2D eigenvalue weighted by Gasteiger charge is -2.11. The fourth-order valence-electron chi connectivity index (χ4n) is 2.61. The molecule has 1 fully saturated rings. The van der Waals surface area contributed by atoms with Gasteiger partial charge in [-0.15, -0.1) is 0 Å². The molecular formula is C13H13NO. The maximum absolute atomic E-state index is 11.8. The van der Waals surface area contributed by atoms with E-state index in [-0.39, 0.29) is 5.92 Å². The third kappa shape index (κ3) is 1.32. The molecule has 2 nitrogen and oxygen atoms in total. The van der Waals surface area contributed by atoms with Crippen LogP contribution in [0.5, 0.6) is 0 Å². The van der Waals surface area contributed by atoms with Gasteiger partial charge in [0.15, 0.2) is 0 Å². The second-order valence-corrected chi connectivity index (χ2v) is 4.22. The molecule has 0 saturated heterocycles. The van der Waals surface area contributed by atoms with Crippen LogP contribution < -0.4 is 0 Å².